The molecule has 0 saturated carbocycles. The summed E-state index contributed by atoms with van der Waals surface area (Å²) >= 11 is 2.71. The van der Waals surface area contributed by atoms with Crippen molar-refractivity contribution in [2.24, 2.45) is 4.99 Å². The summed E-state index contributed by atoms with van der Waals surface area (Å²) in [7, 11) is 0. The molecule has 0 radical (unpaired) electrons. The third kappa shape index (κ3) is 3.98. The number of halogens is 3. The quantitative estimate of drug-likeness (QED) is 0.617. The number of thiazole rings is 1. The predicted molar refractivity (Wildman–Crippen MR) is 104 cm³/mol. The van der Waals surface area contributed by atoms with Crippen LogP contribution >= 0.6 is 22.7 Å². The number of hydrogen-bond acceptors (Lipinski definition) is 6. The summed E-state index contributed by atoms with van der Waals surface area (Å²) in [6.45, 7) is 1.65. The number of thiophene rings is 1. The number of hydrogen-bond donors (Lipinski definition) is 2. The molecule has 140 valence electrons. The minimum Gasteiger partial charge on any atom is -0.356 e. The number of nitrogens with one attached hydrogen (secondary N) is 2. The van der Waals surface area contributed by atoms with Crippen LogP contribution in [-0.4, -0.2) is 24.0 Å². The second kappa shape index (κ2) is 7.32. The fourth-order valence-electron chi connectivity index (χ4n) is 2.74. The molecule has 0 fully saturated rings. The number of guanidine groups is 1. The Labute approximate surface area is 161 Å². The highest BCUT2D eigenvalue weighted by Gasteiger charge is 2.33. The van der Waals surface area contributed by atoms with Gasteiger partial charge in [0.25, 0.3) is 0 Å². The van der Waals surface area contributed by atoms with E-state index in [9.17, 15) is 13.2 Å². The van der Waals surface area contributed by atoms with Crippen molar-refractivity contribution in [1.82, 2.24) is 10.3 Å². The van der Waals surface area contributed by atoms with Crippen molar-refractivity contribution in [3.05, 3.63) is 46.7 Å². The van der Waals surface area contributed by atoms with Crippen LogP contribution in [0.5, 0.6) is 0 Å². The lowest BCUT2D eigenvalue weighted by Crippen LogP contribution is -2.35. The Morgan fingerprint density at radius 1 is 1.11 bits per heavy atom. The minimum absolute atomic E-state index is 0.190. The Morgan fingerprint density at radius 2 is 1.96 bits per heavy atom. The number of anilines is 1. The molecule has 1 aliphatic rings. The van der Waals surface area contributed by atoms with Crippen molar-refractivity contribution in [2.75, 3.05) is 18.4 Å². The second-order valence-corrected chi connectivity index (χ2v) is 7.69. The van der Waals surface area contributed by atoms with E-state index in [1.54, 1.807) is 12.1 Å². The molecule has 0 saturated heterocycles. The molecule has 0 unspecified atom stereocenters. The van der Waals surface area contributed by atoms with Gasteiger partial charge in [-0.15, -0.1) is 22.7 Å². The van der Waals surface area contributed by atoms with Gasteiger partial charge >= 0.3 is 6.18 Å². The van der Waals surface area contributed by atoms with Crippen LogP contribution in [0.1, 0.15) is 12.0 Å². The minimum atomic E-state index is -4.38. The normalized spacial score (nSPS) is 14.6. The van der Waals surface area contributed by atoms with Crippen molar-refractivity contribution in [3.8, 4) is 21.7 Å². The highest BCUT2D eigenvalue weighted by molar-refractivity contribution is 7.15. The van der Waals surface area contributed by atoms with Crippen LogP contribution in [0.2, 0.25) is 0 Å². The topological polar surface area (TPSA) is 49.3 Å². The van der Waals surface area contributed by atoms with E-state index >= 15 is 0 Å². The van der Waals surface area contributed by atoms with Crippen molar-refractivity contribution in [2.45, 2.75) is 12.6 Å². The van der Waals surface area contributed by atoms with Crippen molar-refractivity contribution in [1.29, 1.82) is 0 Å². The van der Waals surface area contributed by atoms with Gasteiger partial charge in [0.15, 0.2) is 11.1 Å². The maximum Gasteiger partial charge on any atom is 0.417 e. The molecule has 0 atom stereocenters. The Balaban J connectivity index is 1.58. The Hall–Kier alpha value is -2.39. The lowest BCUT2D eigenvalue weighted by atomic mass is 10.0. The first kappa shape index (κ1) is 18.0. The monoisotopic (exact) mass is 408 g/mol. The summed E-state index contributed by atoms with van der Waals surface area (Å²) in [6.07, 6.45) is -3.38. The van der Waals surface area contributed by atoms with E-state index in [1.165, 1.54) is 34.8 Å². The number of rotatable bonds is 3. The van der Waals surface area contributed by atoms with Crippen LogP contribution in [-0.2, 0) is 6.18 Å². The summed E-state index contributed by atoms with van der Waals surface area (Å²) in [4.78, 5) is 9.43. The number of alkyl halides is 3. The van der Waals surface area contributed by atoms with Gasteiger partial charge < -0.3 is 10.6 Å². The highest BCUT2D eigenvalue weighted by Crippen LogP contribution is 2.40. The molecule has 2 aromatic heterocycles. The molecular weight excluding hydrogens is 393 g/mol. The molecule has 0 bridgehead atoms. The summed E-state index contributed by atoms with van der Waals surface area (Å²) in [5.41, 5.74) is 1.09. The maximum absolute atomic E-state index is 13.3. The SMILES string of the molecule is FC(F)(F)c1ccccc1-c1cc(-c2csc(NC3=NCCCN3)n2)cs1. The molecular formula is C18H15F3N4S2. The van der Waals surface area contributed by atoms with Gasteiger partial charge in [-0.2, -0.15) is 13.2 Å². The highest BCUT2D eigenvalue weighted by atomic mass is 32.1. The zero-order chi connectivity index (χ0) is 18.9. The van der Waals surface area contributed by atoms with Crippen LogP contribution in [0.3, 0.4) is 0 Å². The van der Waals surface area contributed by atoms with Crippen molar-refractivity contribution in [3.63, 3.8) is 0 Å². The largest absolute Gasteiger partial charge is 0.417 e. The van der Waals surface area contributed by atoms with Crippen LogP contribution in [0.15, 0.2) is 46.1 Å². The molecule has 27 heavy (non-hydrogen) atoms. The smallest absolute Gasteiger partial charge is 0.356 e. The first-order valence-electron chi connectivity index (χ1n) is 8.27. The third-order valence-electron chi connectivity index (χ3n) is 4.02. The van der Waals surface area contributed by atoms with Crippen LogP contribution in [0.4, 0.5) is 18.3 Å². The molecule has 0 amide bonds. The van der Waals surface area contributed by atoms with E-state index in [0.29, 0.717) is 16.0 Å². The lowest BCUT2D eigenvalue weighted by Gasteiger charge is -2.14. The van der Waals surface area contributed by atoms with Crippen LogP contribution in [0.25, 0.3) is 21.7 Å². The van der Waals surface area contributed by atoms with Gasteiger partial charge in [-0.25, -0.2) is 4.98 Å². The fourth-order valence-corrected chi connectivity index (χ4v) is 4.40. The van der Waals surface area contributed by atoms with Gasteiger partial charge in [0.05, 0.1) is 11.3 Å². The van der Waals surface area contributed by atoms with Gasteiger partial charge in [-0.05, 0) is 18.6 Å². The molecule has 0 aliphatic carbocycles. The van der Waals surface area contributed by atoms with Gasteiger partial charge in [-0.3, -0.25) is 4.99 Å². The molecule has 0 spiro atoms. The molecule has 1 aromatic carbocycles. The maximum atomic E-state index is 13.3. The van der Waals surface area contributed by atoms with E-state index < -0.39 is 11.7 Å². The van der Waals surface area contributed by atoms with Crippen LogP contribution in [0, 0.1) is 0 Å². The van der Waals surface area contributed by atoms with E-state index in [1.807, 2.05) is 10.8 Å². The molecule has 3 heterocycles. The average Bonchev–Trinajstić information content (AvgIpc) is 3.31. The van der Waals surface area contributed by atoms with Crippen molar-refractivity contribution >= 4 is 33.8 Å². The molecule has 4 nitrogen and oxygen atoms in total. The number of aromatic nitrogens is 1. The zero-order valence-corrected chi connectivity index (χ0v) is 15.6. The first-order valence-corrected chi connectivity index (χ1v) is 10.0. The molecule has 1 aliphatic heterocycles. The van der Waals surface area contributed by atoms with Gasteiger partial charge in [0.2, 0.25) is 0 Å². The summed E-state index contributed by atoms with van der Waals surface area (Å²) < 4.78 is 39.8. The number of aliphatic imine (C=N–C) groups is 1. The Kier molecular flexibility index (Phi) is 4.88. The number of benzene rings is 1. The van der Waals surface area contributed by atoms with Gasteiger partial charge in [0.1, 0.15) is 0 Å². The predicted octanol–water partition coefficient (Wildman–Crippen LogP) is 5.32. The van der Waals surface area contributed by atoms with E-state index in [-0.39, 0.29) is 5.56 Å². The van der Waals surface area contributed by atoms with Gasteiger partial charge in [0, 0.05) is 39.9 Å². The van der Waals surface area contributed by atoms with E-state index in [0.717, 1.165) is 36.8 Å². The van der Waals surface area contributed by atoms with E-state index in [4.69, 9.17) is 0 Å². The van der Waals surface area contributed by atoms with Crippen molar-refractivity contribution < 1.29 is 13.2 Å². The summed E-state index contributed by atoms with van der Waals surface area (Å²) in [5, 5.41) is 10.7. The summed E-state index contributed by atoms with van der Waals surface area (Å²) in [6, 6.07) is 7.38. The molecule has 9 heteroatoms. The van der Waals surface area contributed by atoms with E-state index in [2.05, 4.69) is 20.6 Å². The second-order valence-electron chi connectivity index (χ2n) is 5.92. The fraction of sp³-hybridized carbons (Fsp3) is 0.222. The zero-order valence-electron chi connectivity index (χ0n) is 14.0. The Morgan fingerprint density at radius 3 is 2.74 bits per heavy atom. The standard InChI is InChI=1S/C18H15F3N4S2/c19-18(20,21)13-5-2-1-4-12(13)15-8-11(9-26-15)14-10-27-17(24-14)25-16-22-6-3-7-23-16/h1-2,4-5,8-10H,3,6-7H2,(H2,22,23,24,25). The molecule has 3 aromatic rings. The Bertz CT molecular complexity index is 975. The lowest BCUT2D eigenvalue weighted by molar-refractivity contribution is -0.137. The molecule has 2 N–H and O–H groups in total. The number of nitrogens with zero attached hydrogens (tertiary/aromatic N) is 2. The van der Waals surface area contributed by atoms with Crippen LogP contribution < -0.4 is 10.6 Å². The average molecular weight is 408 g/mol. The third-order valence-corrected chi connectivity index (χ3v) is 5.74. The molecule has 4 rings (SSSR count). The van der Waals surface area contributed by atoms with Gasteiger partial charge in [-0.1, -0.05) is 18.2 Å². The summed E-state index contributed by atoms with van der Waals surface area (Å²) in [5.74, 6) is 0.701. The first-order chi connectivity index (χ1) is 13.0.